The maximum absolute atomic E-state index is 12.3. The number of amides is 1. The van der Waals surface area contributed by atoms with E-state index in [-0.39, 0.29) is 12.0 Å². The fraction of sp³-hybridized carbons (Fsp3) is 0.583. The minimum absolute atomic E-state index is 0.0462. The van der Waals surface area contributed by atoms with E-state index in [4.69, 9.17) is 9.15 Å². The number of furan rings is 1. The van der Waals surface area contributed by atoms with Crippen molar-refractivity contribution in [2.24, 2.45) is 0 Å². The summed E-state index contributed by atoms with van der Waals surface area (Å²) in [5.41, 5.74) is 0.683. The maximum Gasteiger partial charge on any atom is 0.257 e. The minimum atomic E-state index is 0.0462. The van der Waals surface area contributed by atoms with Crippen molar-refractivity contribution >= 4 is 21.8 Å². The van der Waals surface area contributed by atoms with Crippen LogP contribution in [-0.2, 0) is 11.2 Å². The van der Waals surface area contributed by atoms with Gasteiger partial charge in [0.1, 0.15) is 5.76 Å². The molecule has 0 aromatic carbocycles. The van der Waals surface area contributed by atoms with Crippen LogP contribution in [0.3, 0.4) is 0 Å². The number of ether oxygens (including phenoxy) is 1. The number of morpholine rings is 1. The number of aryl methyl sites for hydroxylation is 1. The Morgan fingerprint density at radius 1 is 1.65 bits per heavy atom. The molecule has 0 radical (unpaired) electrons. The third-order valence-corrected chi connectivity index (χ3v) is 3.62. The van der Waals surface area contributed by atoms with Crippen LogP contribution in [0, 0.1) is 0 Å². The van der Waals surface area contributed by atoms with Crippen LogP contribution in [0.5, 0.6) is 0 Å². The van der Waals surface area contributed by atoms with Crippen molar-refractivity contribution in [2.75, 3.05) is 25.0 Å². The first-order valence-electron chi connectivity index (χ1n) is 5.79. The normalized spacial score (nSPS) is 20.6. The topological polar surface area (TPSA) is 42.7 Å². The molecule has 1 unspecified atom stereocenters. The Labute approximate surface area is 109 Å². The molecule has 0 saturated carbocycles. The van der Waals surface area contributed by atoms with Crippen LogP contribution in [0.2, 0.25) is 0 Å². The second-order valence-corrected chi connectivity index (χ2v) is 4.66. The van der Waals surface area contributed by atoms with Crippen LogP contribution in [-0.4, -0.2) is 41.9 Å². The van der Waals surface area contributed by atoms with E-state index < -0.39 is 0 Å². The zero-order valence-corrected chi connectivity index (χ0v) is 11.4. The number of carbonyl (C=O) groups is 1. The van der Waals surface area contributed by atoms with Crippen LogP contribution >= 0.6 is 15.9 Å². The molecule has 2 heterocycles. The Morgan fingerprint density at radius 3 is 3.18 bits per heavy atom. The van der Waals surface area contributed by atoms with Gasteiger partial charge in [-0.25, -0.2) is 0 Å². The smallest absolute Gasteiger partial charge is 0.257 e. The van der Waals surface area contributed by atoms with Crippen molar-refractivity contribution < 1.29 is 13.9 Å². The summed E-state index contributed by atoms with van der Waals surface area (Å²) in [4.78, 5) is 14.1. The lowest BCUT2D eigenvalue weighted by atomic mass is 10.1. The third kappa shape index (κ3) is 2.72. The van der Waals surface area contributed by atoms with E-state index in [2.05, 4.69) is 15.9 Å². The molecule has 1 saturated heterocycles. The summed E-state index contributed by atoms with van der Waals surface area (Å²) in [6, 6.07) is 1.75. The van der Waals surface area contributed by atoms with Crippen LogP contribution in [0.25, 0.3) is 0 Å². The summed E-state index contributed by atoms with van der Waals surface area (Å²) in [6.07, 6.45) is 2.40. The summed E-state index contributed by atoms with van der Waals surface area (Å²) in [7, 11) is 0. The average Bonchev–Trinajstić information content (AvgIpc) is 2.86. The van der Waals surface area contributed by atoms with E-state index in [1.807, 2.05) is 11.8 Å². The van der Waals surface area contributed by atoms with Gasteiger partial charge in [0.15, 0.2) is 0 Å². The van der Waals surface area contributed by atoms with E-state index in [1.165, 1.54) is 0 Å². The zero-order valence-electron chi connectivity index (χ0n) is 9.82. The van der Waals surface area contributed by atoms with Gasteiger partial charge < -0.3 is 14.1 Å². The Bertz CT molecular complexity index is 391. The number of halogens is 1. The first-order chi connectivity index (χ1) is 8.26. The molecule has 1 aromatic rings. The predicted octanol–water partition coefficient (Wildman–Crippen LogP) is 2.08. The van der Waals surface area contributed by atoms with Crippen molar-refractivity contribution in [1.82, 2.24) is 4.90 Å². The van der Waals surface area contributed by atoms with Gasteiger partial charge in [0.25, 0.3) is 5.91 Å². The lowest BCUT2D eigenvalue weighted by molar-refractivity contribution is -0.00973. The predicted molar refractivity (Wildman–Crippen MR) is 67.5 cm³/mol. The van der Waals surface area contributed by atoms with Crippen molar-refractivity contribution in [3.8, 4) is 0 Å². The van der Waals surface area contributed by atoms with Gasteiger partial charge in [-0.1, -0.05) is 22.9 Å². The quantitative estimate of drug-likeness (QED) is 0.803. The largest absolute Gasteiger partial charge is 0.469 e. The molecule has 0 N–H and O–H groups in total. The molecule has 0 spiro atoms. The van der Waals surface area contributed by atoms with Gasteiger partial charge >= 0.3 is 0 Å². The van der Waals surface area contributed by atoms with Crippen molar-refractivity contribution in [3.63, 3.8) is 0 Å². The van der Waals surface area contributed by atoms with Gasteiger partial charge in [0.05, 0.1) is 24.5 Å². The second-order valence-electron chi connectivity index (χ2n) is 4.01. The number of carbonyl (C=O) groups excluding carboxylic acids is 1. The van der Waals surface area contributed by atoms with Crippen LogP contribution in [0.4, 0.5) is 0 Å². The zero-order chi connectivity index (χ0) is 12.3. The molecule has 1 atom stereocenters. The summed E-state index contributed by atoms with van der Waals surface area (Å²) in [5.74, 6) is 0.807. The fourth-order valence-corrected chi connectivity index (χ4v) is 2.36. The fourth-order valence-electron chi connectivity index (χ4n) is 1.97. The molecule has 1 aliphatic rings. The minimum Gasteiger partial charge on any atom is -0.469 e. The summed E-state index contributed by atoms with van der Waals surface area (Å²) in [6.45, 7) is 3.87. The average molecular weight is 302 g/mol. The molecule has 4 nitrogen and oxygen atoms in total. The van der Waals surface area contributed by atoms with E-state index in [0.717, 1.165) is 17.5 Å². The van der Waals surface area contributed by atoms with Gasteiger partial charge in [-0.2, -0.15) is 0 Å². The van der Waals surface area contributed by atoms with Crippen LogP contribution < -0.4 is 0 Å². The Hall–Kier alpha value is -0.810. The van der Waals surface area contributed by atoms with Crippen LogP contribution in [0.15, 0.2) is 16.7 Å². The van der Waals surface area contributed by atoms with Crippen molar-refractivity contribution in [3.05, 3.63) is 23.7 Å². The highest BCUT2D eigenvalue weighted by Gasteiger charge is 2.26. The van der Waals surface area contributed by atoms with Crippen LogP contribution in [0.1, 0.15) is 23.0 Å². The standard InChI is InChI=1S/C12H16BrNO3/c1-2-11-10(3-5-17-11)12(15)14-4-6-16-9(7-13)8-14/h3,5,9H,2,4,6-8H2,1H3. The Balaban J connectivity index is 2.09. The summed E-state index contributed by atoms with van der Waals surface area (Å²) in [5, 5.41) is 0.753. The number of hydrogen-bond acceptors (Lipinski definition) is 3. The van der Waals surface area contributed by atoms with Gasteiger partial charge in [-0.05, 0) is 6.07 Å². The molecular formula is C12H16BrNO3. The Morgan fingerprint density at radius 2 is 2.47 bits per heavy atom. The monoisotopic (exact) mass is 301 g/mol. The molecule has 5 heteroatoms. The first-order valence-corrected chi connectivity index (χ1v) is 6.91. The van der Waals surface area contributed by atoms with E-state index in [1.54, 1.807) is 12.3 Å². The highest BCUT2D eigenvalue weighted by Crippen LogP contribution is 2.16. The lowest BCUT2D eigenvalue weighted by Gasteiger charge is -2.32. The van der Waals surface area contributed by atoms with Crippen molar-refractivity contribution in [2.45, 2.75) is 19.4 Å². The summed E-state index contributed by atoms with van der Waals surface area (Å²) >= 11 is 3.38. The molecule has 94 valence electrons. The van der Waals surface area contributed by atoms with Gasteiger partial charge in [0, 0.05) is 24.8 Å². The molecule has 2 rings (SSSR count). The number of hydrogen-bond donors (Lipinski definition) is 0. The maximum atomic E-state index is 12.3. The molecule has 1 aromatic heterocycles. The first kappa shape index (κ1) is 12.6. The molecule has 0 aliphatic carbocycles. The Kier molecular flexibility index (Phi) is 4.23. The molecule has 1 amide bonds. The third-order valence-electron chi connectivity index (χ3n) is 2.90. The van der Waals surface area contributed by atoms with Gasteiger partial charge in [0.2, 0.25) is 0 Å². The molecule has 0 bridgehead atoms. The number of nitrogens with zero attached hydrogens (tertiary/aromatic N) is 1. The second kappa shape index (κ2) is 5.69. The summed E-state index contributed by atoms with van der Waals surface area (Å²) < 4.78 is 10.8. The highest BCUT2D eigenvalue weighted by molar-refractivity contribution is 9.09. The molecule has 1 aliphatic heterocycles. The SMILES string of the molecule is CCc1occc1C(=O)N1CCOC(CBr)C1. The van der Waals surface area contributed by atoms with E-state index in [0.29, 0.717) is 25.3 Å². The van der Waals surface area contributed by atoms with E-state index in [9.17, 15) is 4.79 Å². The number of rotatable bonds is 3. The molecule has 1 fully saturated rings. The van der Waals surface area contributed by atoms with Crippen molar-refractivity contribution in [1.29, 1.82) is 0 Å². The van der Waals surface area contributed by atoms with Gasteiger partial charge in [-0.3, -0.25) is 4.79 Å². The molecule has 17 heavy (non-hydrogen) atoms. The highest BCUT2D eigenvalue weighted by atomic mass is 79.9. The van der Waals surface area contributed by atoms with Gasteiger partial charge in [-0.15, -0.1) is 0 Å². The lowest BCUT2D eigenvalue weighted by Crippen LogP contribution is -2.46. The number of alkyl halides is 1. The molecular weight excluding hydrogens is 286 g/mol. The van der Waals surface area contributed by atoms with E-state index >= 15 is 0 Å².